The second-order valence-electron chi connectivity index (χ2n) is 11.1. The van der Waals surface area contributed by atoms with E-state index in [0.29, 0.717) is 45.5 Å². The molecule has 1 heterocycles. The van der Waals surface area contributed by atoms with Crippen molar-refractivity contribution in [3.63, 3.8) is 0 Å². The Balaban J connectivity index is 1.84. The predicted octanol–water partition coefficient (Wildman–Crippen LogP) is 5.58. The molecule has 0 radical (unpaired) electrons. The van der Waals surface area contributed by atoms with E-state index in [-0.39, 0.29) is 24.0 Å². The summed E-state index contributed by atoms with van der Waals surface area (Å²) in [6, 6.07) is 0. The molecule has 196 valence electrons. The Bertz CT molecular complexity index is 521. The van der Waals surface area contributed by atoms with Crippen molar-refractivity contribution >= 4 is 0 Å². The molecule has 6 heteroatoms. The van der Waals surface area contributed by atoms with Gasteiger partial charge in [-0.1, -0.05) is 72.1 Å². The van der Waals surface area contributed by atoms with Crippen molar-refractivity contribution < 1.29 is 29.2 Å². The van der Waals surface area contributed by atoms with Crippen molar-refractivity contribution in [2.24, 2.45) is 10.8 Å². The summed E-state index contributed by atoms with van der Waals surface area (Å²) in [6.45, 7) is 8.36. The quantitative estimate of drug-likeness (QED) is 0.225. The molecular weight excluding hydrogens is 420 g/mol. The lowest BCUT2D eigenvalue weighted by Crippen LogP contribution is -2.55. The van der Waals surface area contributed by atoms with Gasteiger partial charge in [0.25, 0.3) is 0 Å². The SMILES string of the molecule is CCCCCCC(C)(CO)COC1(OC)CCC2(CC1)OCC(CO)(CCCCCC)CO2. The highest BCUT2D eigenvalue weighted by Crippen LogP contribution is 2.46. The Morgan fingerprint density at radius 1 is 0.848 bits per heavy atom. The second kappa shape index (κ2) is 13.7. The highest BCUT2D eigenvalue weighted by atomic mass is 16.7. The summed E-state index contributed by atoms with van der Waals surface area (Å²) < 4.78 is 24.9. The van der Waals surface area contributed by atoms with Crippen LogP contribution in [0.2, 0.25) is 0 Å². The third-order valence-corrected chi connectivity index (χ3v) is 8.02. The van der Waals surface area contributed by atoms with Crippen molar-refractivity contribution in [1.29, 1.82) is 0 Å². The predicted molar refractivity (Wildman–Crippen MR) is 131 cm³/mol. The lowest BCUT2D eigenvalue weighted by Gasteiger charge is -2.50. The smallest absolute Gasteiger partial charge is 0.168 e. The average molecular weight is 473 g/mol. The third-order valence-electron chi connectivity index (χ3n) is 8.02. The first-order valence-electron chi connectivity index (χ1n) is 13.5. The first kappa shape index (κ1) is 29.0. The molecule has 2 fully saturated rings. The van der Waals surface area contributed by atoms with Gasteiger partial charge in [0.1, 0.15) is 0 Å². The van der Waals surface area contributed by atoms with Crippen LogP contribution in [0.15, 0.2) is 0 Å². The van der Waals surface area contributed by atoms with Gasteiger partial charge < -0.3 is 29.2 Å². The molecule has 1 atom stereocenters. The van der Waals surface area contributed by atoms with Crippen LogP contribution in [0.5, 0.6) is 0 Å². The van der Waals surface area contributed by atoms with Gasteiger partial charge in [-0.25, -0.2) is 0 Å². The van der Waals surface area contributed by atoms with Gasteiger partial charge in [-0.05, 0) is 12.8 Å². The summed E-state index contributed by atoms with van der Waals surface area (Å²) >= 11 is 0. The third kappa shape index (κ3) is 8.43. The van der Waals surface area contributed by atoms with Crippen LogP contribution >= 0.6 is 0 Å². The molecule has 2 rings (SSSR count). The van der Waals surface area contributed by atoms with Crippen LogP contribution in [0.25, 0.3) is 0 Å². The van der Waals surface area contributed by atoms with Crippen molar-refractivity contribution in [2.75, 3.05) is 40.1 Å². The molecule has 1 spiro atoms. The van der Waals surface area contributed by atoms with Crippen LogP contribution in [-0.4, -0.2) is 61.9 Å². The molecule has 1 aliphatic heterocycles. The van der Waals surface area contributed by atoms with E-state index in [4.69, 9.17) is 18.9 Å². The maximum Gasteiger partial charge on any atom is 0.168 e. The minimum atomic E-state index is -0.649. The molecule has 2 N–H and O–H groups in total. The molecular formula is C27H52O6. The molecule has 0 aromatic heterocycles. The summed E-state index contributed by atoms with van der Waals surface area (Å²) in [6.07, 6.45) is 14.2. The molecule has 0 aromatic rings. The van der Waals surface area contributed by atoms with Gasteiger partial charge in [-0.15, -0.1) is 0 Å². The number of methoxy groups -OCH3 is 1. The Kier molecular flexibility index (Phi) is 12.1. The average Bonchev–Trinajstić information content (AvgIpc) is 2.86. The maximum absolute atomic E-state index is 10.0. The summed E-state index contributed by atoms with van der Waals surface area (Å²) in [5.74, 6) is -1.24. The van der Waals surface area contributed by atoms with Crippen LogP contribution in [0.4, 0.5) is 0 Å². The first-order chi connectivity index (χ1) is 15.8. The van der Waals surface area contributed by atoms with Crippen molar-refractivity contribution in [3.05, 3.63) is 0 Å². The molecule has 33 heavy (non-hydrogen) atoms. The van der Waals surface area contributed by atoms with Gasteiger partial charge in [0.2, 0.25) is 0 Å². The fraction of sp³-hybridized carbons (Fsp3) is 1.00. The number of ether oxygens (including phenoxy) is 4. The normalized spacial score (nSPS) is 32.2. The van der Waals surface area contributed by atoms with Gasteiger partial charge in [0.05, 0.1) is 33.0 Å². The fourth-order valence-electron chi connectivity index (χ4n) is 5.08. The van der Waals surface area contributed by atoms with E-state index in [9.17, 15) is 10.2 Å². The number of aliphatic hydroxyl groups excluding tert-OH is 2. The fourth-order valence-corrected chi connectivity index (χ4v) is 5.08. The van der Waals surface area contributed by atoms with Gasteiger partial charge in [0, 0.05) is 43.6 Å². The molecule has 6 nitrogen and oxygen atoms in total. The monoisotopic (exact) mass is 472 g/mol. The largest absolute Gasteiger partial charge is 0.396 e. The number of hydrogen-bond acceptors (Lipinski definition) is 6. The number of rotatable bonds is 16. The van der Waals surface area contributed by atoms with E-state index in [0.717, 1.165) is 25.7 Å². The molecule has 1 saturated heterocycles. The lowest BCUT2D eigenvalue weighted by molar-refractivity contribution is -0.351. The minimum Gasteiger partial charge on any atom is -0.396 e. The number of aliphatic hydroxyl groups is 2. The molecule has 0 bridgehead atoms. The summed E-state index contributed by atoms with van der Waals surface area (Å²) in [7, 11) is 1.71. The minimum absolute atomic E-state index is 0.109. The van der Waals surface area contributed by atoms with E-state index in [1.807, 2.05) is 0 Å². The first-order valence-corrected chi connectivity index (χ1v) is 13.5. The van der Waals surface area contributed by atoms with Gasteiger partial charge in [-0.3, -0.25) is 0 Å². The van der Waals surface area contributed by atoms with Crippen molar-refractivity contribution in [1.82, 2.24) is 0 Å². The van der Waals surface area contributed by atoms with Gasteiger partial charge in [0.15, 0.2) is 11.6 Å². The highest BCUT2D eigenvalue weighted by molar-refractivity contribution is 4.92. The summed E-state index contributed by atoms with van der Waals surface area (Å²) in [4.78, 5) is 0. The Hall–Kier alpha value is -0.240. The molecule has 0 amide bonds. The zero-order valence-electron chi connectivity index (χ0n) is 22.0. The topological polar surface area (TPSA) is 77.4 Å². The van der Waals surface area contributed by atoms with Crippen molar-refractivity contribution in [2.45, 2.75) is 122 Å². The molecule has 2 aliphatic rings. The van der Waals surface area contributed by atoms with Gasteiger partial charge in [-0.2, -0.15) is 0 Å². The second-order valence-corrected chi connectivity index (χ2v) is 11.1. The zero-order chi connectivity index (χ0) is 24.3. The van der Waals surface area contributed by atoms with E-state index in [2.05, 4.69) is 20.8 Å². The van der Waals surface area contributed by atoms with Gasteiger partial charge >= 0.3 is 0 Å². The Labute approximate surface area is 202 Å². The van der Waals surface area contributed by atoms with E-state index in [1.54, 1.807) is 7.11 Å². The maximum atomic E-state index is 10.0. The van der Waals surface area contributed by atoms with E-state index < -0.39 is 11.6 Å². The summed E-state index contributed by atoms with van der Waals surface area (Å²) in [5.41, 5.74) is -0.517. The molecule has 1 aliphatic carbocycles. The Morgan fingerprint density at radius 2 is 1.45 bits per heavy atom. The molecule has 1 saturated carbocycles. The molecule has 1 unspecified atom stereocenters. The van der Waals surface area contributed by atoms with Crippen LogP contribution in [0, 0.1) is 10.8 Å². The van der Waals surface area contributed by atoms with E-state index >= 15 is 0 Å². The van der Waals surface area contributed by atoms with Crippen LogP contribution in [0.1, 0.15) is 111 Å². The zero-order valence-corrected chi connectivity index (χ0v) is 22.0. The highest BCUT2D eigenvalue weighted by Gasteiger charge is 2.50. The van der Waals surface area contributed by atoms with Crippen LogP contribution < -0.4 is 0 Å². The number of unbranched alkanes of at least 4 members (excludes halogenated alkanes) is 6. The van der Waals surface area contributed by atoms with E-state index in [1.165, 1.54) is 38.5 Å². The van der Waals surface area contributed by atoms with Crippen LogP contribution in [-0.2, 0) is 18.9 Å². The summed E-state index contributed by atoms with van der Waals surface area (Å²) in [5, 5.41) is 20.1. The number of hydrogen-bond donors (Lipinski definition) is 2. The van der Waals surface area contributed by atoms with Crippen molar-refractivity contribution in [3.8, 4) is 0 Å². The Morgan fingerprint density at radius 3 is 1.97 bits per heavy atom. The van der Waals surface area contributed by atoms with Crippen LogP contribution in [0.3, 0.4) is 0 Å². The lowest BCUT2D eigenvalue weighted by atomic mass is 9.81. The standard InChI is InChI=1S/C27H52O6/c1-5-7-9-11-13-24(3,19-28)21-31-26(30-4)15-17-27(18-16-26)32-22-25(20-29,23-33-27)14-12-10-8-6-2/h28-29H,5-23H2,1-4H3. The molecule has 0 aromatic carbocycles.